The summed E-state index contributed by atoms with van der Waals surface area (Å²) in [5.41, 5.74) is 2.45. The largest absolute Gasteiger partial charge is 0.372 e. The van der Waals surface area contributed by atoms with Crippen LogP contribution in [-0.4, -0.2) is 0 Å². The second kappa shape index (κ2) is 6.70. The van der Waals surface area contributed by atoms with Crippen LogP contribution in [0.25, 0.3) is 0 Å². The van der Waals surface area contributed by atoms with Crippen molar-refractivity contribution in [1.29, 1.82) is 0 Å². The number of ether oxygens (including phenoxy) is 1. The van der Waals surface area contributed by atoms with Gasteiger partial charge in [-0.2, -0.15) is 0 Å². The Morgan fingerprint density at radius 1 is 0.765 bits per heavy atom. The van der Waals surface area contributed by atoms with E-state index in [1.54, 1.807) is 0 Å². The highest BCUT2D eigenvalue weighted by Gasteiger charge is 1.97. The first-order chi connectivity index (χ1) is 8.24. The summed E-state index contributed by atoms with van der Waals surface area (Å²) in [4.78, 5) is 0. The lowest BCUT2D eigenvalue weighted by Crippen LogP contribution is -1.94. The molecule has 0 unspecified atom stereocenters. The molecule has 0 aliphatic rings. The fraction of sp³-hybridized carbons (Fsp3) is 0.143. The lowest BCUT2D eigenvalue weighted by atomic mass is 10.2. The van der Waals surface area contributed by atoms with Crippen molar-refractivity contribution in [2.45, 2.75) is 13.2 Å². The lowest BCUT2D eigenvalue weighted by Gasteiger charge is -2.05. The van der Waals surface area contributed by atoms with Crippen LogP contribution in [0.3, 0.4) is 0 Å². The van der Waals surface area contributed by atoms with Crippen LogP contribution in [0.2, 0.25) is 0 Å². The summed E-state index contributed by atoms with van der Waals surface area (Å²) in [7, 11) is 0. The Hall–Kier alpha value is -0.140. The van der Waals surface area contributed by atoms with Gasteiger partial charge in [0.2, 0.25) is 0 Å². The van der Waals surface area contributed by atoms with Gasteiger partial charge < -0.3 is 4.74 Å². The molecule has 0 aromatic heterocycles. The number of halogens is 2. The van der Waals surface area contributed by atoms with Gasteiger partial charge in [-0.05, 0) is 80.6 Å². The van der Waals surface area contributed by atoms with Gasteiger partial charge in [-0.25, -0.2) is 0 Å². The average molecular weight is 450 g/mol. The number of hydrogen-bond acceptors (Lipinski definition) is 1. The van der Waals surface area contributed by atoms with Crippen LogP contribution < -0.4 is 0 Å². The minimum absolute atomic E-state index is 0.669. The molecule has 3 heteroatoms. The maximum atomic E-state index is 5.71. The summed E-state index contributed by atoms with van der Waals surface area (Å²) in [5, 5.41) is 0. The van der Waals surface area contributed by atoms with E-state index in [4.69, 9.17) is 4.74 Å². The molecule has 0 aliphatic heterocycles. The van der Waals surface area contributed by atoms with E-state index in [2.05, 4.69) is 93.7 Å². The molecule has 0 radical (unpaired) electrons. The first-order valence-electron chi connectivity index (χ1n) is 5.31. The Morgan fingerprint density at radius 2 is 1.24 bits per heavy atom. The van der Waals surface area contributed by atoms with Crippen molar-refractivity contribution in [1.82, 2.24) is 0 Å². The molecule has 0 saturated carbocycles. The maximum Gasteiger partial charge on any atom is 0.0721 e. The van der Waals surface area contributed by atoms with Crippen molar-refractivity contribution in [2.24, 2.45) is 0 Å². The van der Waals surface area contributed by atoms with E-state index in [1.807, 2.05) is 0 Å². The topological polar surface area (TPSA) is 9.23 Å². The van der Waals surface area contributed by atoms with Gasteiger partial charge in [-0.15, -0.1) is 0 Å². The molecule has 0 aliphatic carbocycles. The first-order valence-corrected chi connectivity index (χ1v) is 7.46. The summed E-state index contributed by atoms with van der Waals surface area (Å²) in [6.07, 6.45) is 0. The predicted molar refractivity (Wildman–Crippen MR) is 86.8 cm³/mol. The van der Waals surface area contributed by atoms with E-state index in [1.165, 1.54) is 18.3 Å². The molecular weight excluding hydrogens is 438 g/mol. The lowest BCUT2D eigenvalue weighted by molar-refractivity contribution is 0.107. The van der Waals surface area contributed by atoms with Crippen LogP contribution in [0.1, 0.15) is 11.1 Å². The van der Waals surface area contributed by atoms with Gasteiger partial charge >= 0.3 is 0 Å². The van der Waals surface area contributed by atoms with Crippen molar-refractivity contribution in [3.8, 4) is 0 Å². The maximum absolute atomic E-state index is 5.71. The molecule has 0 heterocycles. The predicted octanol–water partition coefficient (Wildman–Crippen LogP) is 4.61. The molecule has 0 bridgehead atoms. The molecule has 0 atom stereocenters. The molecule has 0 fully saturated rings. The van der Waals surface area contributed by atoms with Crippen molar-refractivity contribution < 1.29 is 4.74 Å². The molecule has 1 nitrogen and oxygen atoms in total. The smallest absolute Gasteiger partial charge is 0.0721 e. The van der Waals surface area contributed by atoms with Gasteiger partial charge in [0.15, 0.2) is 0 Å². The van der Waals surface area contributed by atoms with Crippen LogP contribution in [0.4, 0.5) is 0 Å². The Labute approximate surface area is 129 Å². The molecule has 0 amide bonds. The molecule has 0 saturated heterocycles. The minimum atomic E-state index is 0.669. The molecule has 17 heavy (non-hydrogen) atoms. The highest BCUT2D eigenvalue weighted by atomic mass is 127. The standard InChI is InChI=1S/C14H12I2O/c15-13-5-1-3-11(7-13)9-17-10-12-4-2-6-14(16)8-12/h1-8H,9-10H2. The van der Waals surface area contributed by atoms with Gasteiger partial charge in [-0.1, -0.05) is 24.3 Å². The SMILES string of the molecule is Ic1cccc(COCc2cccc(I)c2)c1. The zero-order valence-electron chi connectivity index (χ0n) is 9.20. The normalized spacial score (nSPS) is 10.5. The van der Waals surface area contributed by atoms with Crippen LogP contribution in [-0.2, 0) is 18.0 Å². The molecule has 0 N–H and O–H groups in total. The van der Waals surface area contributed by atoms with Crippen LogP contribution in [0.5, 0.6) is 0 Å². The quantitative estimate of drug-likeness (QED) is 0.619. The second-order valence-electron chi connectivity index (χ2n) is 3.75. The third kappa shape index (κ3) is 4.56. The van der Waals surface area contributed by atoms with Crippen molar-refractivity contribution in [3.63, 3.8) is 0 Å². The highest BCUT2D eigenvalue weighted by Crippen LogP contribution is 2.12. The zero-order chi connectivity index (χ0) is 12.1. The Balaban J connectivity index is 1.87. The molecule has 2 aromatic rings. The second-order valence-corrected chi connectivity index (χ2v) is 6.24. The molecule has 2 rings (SSSR count). The number of rotatable bonds is 4. The van der Waals surface area contributed by atoms with Crippen LogP contribution in [0.15, 0.2) is 48.5 Å². The monoisotopic (exact) mass is 450 g/mol. The van der Waals surface area contributed by atoms with E-state index in [-0.39, 0.29) is 0 Å². The molecular formula is C14H12I2O. The zero-order valence-corrected chi connectivity index (χ0v) is 13.5. The number of benzene rings is 2. The first kappa shape index (κ1) is 13.3. The highest BCUT2D eigenvalue weighted by molar-refractivity contribution is 14.1. The number of hydrogen-bond donors (Lipinski definition) is 0. The summed E-state index contributed by atoms with van der Waals surface area (Å²) in [6, 6.07) is 16.8. The summed E-state index contributed by atoms with van der Waals surface area (Å²) in [6.45, 7) is 1.34. The van der Waals surface area contributed by atoms with Crippen LogP contribution in [0, 0.1) is 7.14 Å². The van der Waals surface area contributed by atoms with Gasteiger partial charge in [-0.3, -0.25) is 0 Å². The van der Waals surface area contributed by atoms with Crippen molar-refractivity contribution >= 4 is 45.2 Å². The molecule has 88 valence electrons. The van der Waals surface area contributed by atoms with E-state index in [0.717, 1.165) is 0 Å². The van der Waals surface area contributed by atoms with E-state index in [9.17, 15) is 0 Å². The summed E-state index contributed by atoms with van der Waals surface area (Å²) < 4.78 is 8.21. The van der Waals surface area contributed by atoms with Gasteiger partial charge in [0, 0.05) is 7.14 Å². The third-order valence-corrected chi connectivity index (χ3v) is 3.66. The van der Waals surface area contributed by atoms with Gasteiger partial charge in [0.25, 0.3) is 0 Å². The van der Waals surface area contributed by atoms with Crippen molar-refractivity contribution in [2.75, 3.05) is 0 Å². The van der Waals surface area contributed by atoms with Crippen molar-refractivity contribution in [3.05, 3.63) is 66.8 Å². The molecule has 0 spiro atoms. The van der Waals surface area contributed by atoms with Gasteiger partial charge in [0.05, 0.1) is 13.2 Å². The third-order valence-electron chi connectivity index (χ3n) is 2.32. The van der Waals surface area contributed by atoms with Gasteiger partial charge in [0.1, 0.15) is 0 Å². The average Bonchev–Trinajstić information content (AvgIpc) is 2.29. The fourth-order valence-corrected chi connectivity index (χ4v) is 2.76. The summed E-state index contributed by atoms with van der Waals surface area (Å²) >= 11 is 4.63. The summed E-state index contributed by atoms with van der Waals surface area (Å²) in [5.74, 6) is 0. The Morgan fingerprint density at radius 3 is 1.65 bits per heavy atom. The molecule has 2 aromatic carbocycles. The van der Waals surface area contributed by atoms with E-state index in [0.29, 0.717) is 13.2 Å². The Bertz CT molecular complexity index is 452. The fourth-order valence-electron chi connectivity index (χ4n) is 1.54. The Kier molecular flexibility index (Phi) is 5.24. The minimum Gasteiger partial charge on any atom is -0.372 e. The van der Waals surface area contributed by atoms with E-state index < -0.39 is 0 Å². The van der Waals surface area contributed by atoms with Crippen LogP contribution >= 0.6 is 45.2 Å². The van der Waals surface area contributed by atoms with E-state index >= 15 is 0 Å².